The number of benzene rings is 3. The Morgan fingerprint density at radius 2 is 1.64 bits per heavy atom. The number of fused-ring (bicyclic) bond motifs is 5. The van der Waals surface area contributed by atoms with Crippen LogP contribution in [0.3, 0.4) is 0 Å². The molecule has 0 spiro atoms. The van der Waals surface area contributed by atoms with Gasteiger partial charge >= 0.3 is 6.18 Å². The minimum Gasteiger partial charge on any atom is -0.497 e. The van der Waals surface area contributed by atoms with Crippen molar-refractivity contribution >= 4 is 35.2 Å². The third kappa shape index (κ3) is 3.94. The van der Waals surface area contributed by atoms with E-state index in [9.17, 15) is 27.6 Å². The van der Waals surface area contributed by atoms with E-state index in [0.717, 1.165) is 34.2 Å². The van der Waals surface area contributed by atoms with Crippen molar-refractivity contribution in [1.29, 1.82) is 0 Å². The second kappa shape index (κ2) is 9.00. The van der Waals surface area contributed by atoms with Crippen LogP contribution < -0.4 is 15.0 Å². The van der Waals surface area contributed by atoms with E-state index >= 15 is 0 Å². The standard InChI is InChI=1S/C29H22F3N3O4/c1-39-20-11-9-18(10-12-20)33-26(36)25-23-22(24-21-8-3-2-5-16(21)13-14-34(24)25)27(37)35(28(23)38)19-7-4-6-17(15-19)29(30,31)32/h2-15,22-25H,1H3,(H,33,36)/t22-,23-,24+,25+/m1/s1. The second-order valence-electron chi connectivity index (χ2n) is 9.61. The molecule has 7 nitrogen and oxygen atoms in total. The Balaban J connectivity index is 1.42. The largest absolute Gasteiger partial charge is 0.497 e. The Labute approximate surface area is 221 Å². The first-order valence-electron chi connectivity index (χ1n) is 12.2. The smallest absolute Gasteiger partial charge is 0.416 e. The molecular weight excluding hydrogens is 511 g/mol. The van der Waals surface area contributed by atoms with E-state index in [1.807, 2.05) is 30.3 Å². The number of nitrogens with one attached hydrogen (secondary N) is 1. The maximum atomic E-state index is 13.8. The maximum Gasteiger partial charge on any atom is 0.416 e. The highest BCUT2D eigenvalue weighted by atomic mass is 19.4. The van der Waals surface area contributed by atoms with Crippen LogP contribution in [0.4, 0.5) is 24.5 Å². The first-order chi connectivity index (χ1) is 18.7. The molecule has 198 valence electrons. The summed E-state index contributed by atoms with van der Waals surface area (Å²) in [7, 11) is 1.52. The molecule has 3 aliphatic rings. The minimum absolute atomic E-state index is 0.172. The molecule has 0 bridgehead atoms. The molecule has 0 aliphatic carbocycles. The van der Waals surface area contributed by atoms with Crippen LogP contribution in [0.15, 0.2) is 79.0 Å². The Morgan fingerprint density at radius 1 is 0.923 bits per heavy atom. The van der Waals surface area contributed by atoms with Gasteiger partial charge in [-0.05, 0) is 59.7 Å². The third-order valence-corrected chi connectivity index (χ3v) is 7.52. The minimum atomic E-state index is -4.65. The molecule has 1 N–H and O–H groups in total. The molecule has 2 fully saturated rings. The Kier molecular flexibility index (Phi) is 5.71. The molecule has 6 rings (SSSR count). The number of ether oxygens (including phenoxy) is 1. The van der Waals surface area contributed by atoms with Crippen LogP contribution in [0.25, 0.3) is 6.08 Å². The van der Waals surface area contributed by atoms with Gasteiger partial charge in [-0.15, -0.1) is 0 Å². The Hall–Kier alpha value is -4.60. The number of amides is 3. The average Bonchev–Trinajstić information content (AvgIpc) is 3.41. The zero-order valence-electron chi connectivity index (χ0n) is 20.6. The molecule has 3 aromatic rings. The van der Waals surface area contributed by atoms with Gasteiger partial charge in [0.25, 0.3) is 0 Å². The quantitative estimate of drug-likeness (QED) is 0.485. The van der Waals surface area contributed by atoms with Crippen LogP contribution >= 0.6 is 0 Å². The number of imide groups is 1. The van der Waals surface area contributed by atoms with Crippen molar-refractivity contribution < 1.29 is 32.3 Å². The number of carbonyl (C=O) groups is 3. The Bertz CT molecular complexity index is 1520. The predicted octanol–water partition coefficient (Wildman–Crippen LogP) is 4.87. The van der Waals surface area contributed by atoms with Gasteiger partial charge in [0.15, 0.2) is 0 Å². The monoisotopic (exact) mass is 533 g/mol. The summed E-state index contributed by atoms with van der Waals surface area (Å²) in [6, 6.07) is 16.4. The van der Waals surface area contributed by atoms with Crippen molar-refractivity contribution in [2.45, 2.75) is 18.3 Å². The third-order valence-electron chi connectivity index (χ3n) is 7.52. The summed E-state index contributed by atoms with van der Waals surface area (Å²) in [5, 5.41) is 2.82. The molecular formula is C29H22F3N3O4. The van der Waals surface area contributed by atoms with E-state index in [2.05, 4.69) is 5.32 Å². The zero-order chi connectivity index (χ0) is 27.5. The van der Waals surface area contributed by atoms with E-state index in [4.69, 9.17) is 4.74 Å². The molecule has 0 saturated carbocycles. The molecule has 0 radical (unpaired) electrons. The van der Waals surface area contributed by atoms with E-state index in [1.54, 1.807) is 35.4 Å². The molecule has 0 aromatic heterocycles. The van der Waals surface area contributed by atoms with Crippen molar-refractivity contribution in [1.82, 2.24) is 4.90 Å². The van der Waals surface area contributed by atoms with Gasteiger partial charge in [0.2, 0.25) is 17.7 Å². The lowest BCUT2D eigenvalue weighted by molar-refractivity contribution is -0.137. The molecule has 3 aromatic carbocycles. The van der Waals surface area contributed by atoms with Gasteiger partial charge in [0.05, 0.1) is 36.2 Å². The molecule has 3 heterocycles. The van der Waals surface area contributed by atoms with E-state index < -0.39 is 53.4 Å². The lowest BCUT2D eigenvalue weighted by Crippen LogP contribution is -2.46. The highest BCUT2D eigenvalue weighted by Crippen LogP contribution is 2.53. The van der Waals surface area contributed by atoms with E-state index in [-0.39, 0.29) is 5.69 Å². The second-order valence-corrected chi connectivity index (χ2v) is 9.61. The SMILES string of the molecule is COc1ccc(NC(=O)[C@@H]2[C@@H]3C(=O)N(c4cccc(C(F)(F)F)c4)C(=O)[C@H]3[C@@H]3c4ccccc4C=CN23)cc1. The van der Waals surface area contributed by atoms with Crippen molar-refractivity contribution in [2.75, 3.05) is 17.3 Å². The van der Waals surface area contributed by atoms with Gasteiger partial charge < -0.3 is 15.0 Å². The highest BCUT2D eigenvalue weighted by molar-refractivity contribution is 6.24. The fourth-order valence-electron chi connectivity index (χ4n) is 5.82. The van der Waals surface area contributed by atoms with Gasteiger partial charge in [-0.25, -0.2) is 4.90 Å². The van der Waals surface area contributed by atoms with Gasteiger partial charge in [0.1, 0.15) is 11.8 Å². The van der Waals surface area contributed by atoms with Crippen LogP contribution in [-0.4, -0.2) is 35.8 Å². The average molecular weight is 534 g/mol. The zero-order valence-corrected chi connectivity index (χ0v) is 20.6. The Morgan fingerprint density at radius 3 is 2.36 bits per heavy atom. The number of hydrogen-bond donors (Lipinski definition) is 1. The molecule has 39 heavy (non-hydrogen) atoms. The van der Waals surface area contributed by atoms with E-state index in [1.165, 1.54) is 13.2 Å². The number of rotatable bonds is 4. The van der Waals surface area contributed by atoms with Crippen LogP contribution in [-0.2, 0) is 20.6 Å². The first-order valence-corrected chi connectivity index (χ1v) is 12.2. The van der Waals surface area contributed by atoms with Crippen LogP contribution in [0, 0.1) is 11.8 Å². The van der Waals surface area contributed by atoms with Crippen molar-refractivity contribution in [3.05, 3.63) is 95.7 Å². The molecule has 4 atom stereocenters. The fourth-order valence-corrected chi connectivity index (χ4v) is 5.82. The summed E-state index contributed by atoms with van der Waals surface area (Å²) < 4.78 is 45.4. The van der Waals surface area contributed by atoms with Crippen molar-refractivity contribution in [3.8, 4) is 5.75 Å². The number of carbonyl (C=O) groups excluding carboxylic acids is 3. The molecule has 10 heteroatoms. The van der Waals surface area contributed by atoms with Crippen LogP contribution in [0.5, 0.6) is 5.75 Å². The summed E-state index contributed by atoms with van der Waals surface area (Å²) in [4.78, 5) is 43.9. The number of methoxy groups -OCH3 is 1. The van der Waals surface area contributed by atoms with Gasteiger partial charge in [-0.2, -0.15) is 13.2 Å². The summed E-state index contributed by atoms with van der Waals surface area (Å²) in [5.74, 6) is -3.33. The number of anilines is 2. The molecule has 3 amide bonds. The van der Waals surface area contributed by atoms with Crippen LogP contribution in [0.2, 0.25) is 0 Å². The van der Waals surface area contributed by atoms with Gasteiger partial charge in [0, 0.05) is 11.9 Å². The predicted molar refractivity (Wildman–Crippen MR) is 136 cm³/mol. The number of alkyl halides is 3. The normalized spacial score (nSPS) is 23.4. The highest BCUT2D eigenvalue weighted by Gasteiger charge is 2.64. The molecule has 2 saturated heterocycles. The lowest BCUT2D eigenvalue weighted by Gasteiger charge is -2.35. The summed E-state index contributed by atoms with van der Waals surface area (Å²) in [5.41, 5.74) is 0.927. The number of nitrogens with zero attached hydrogens (tertiary/aromatic N) is 2. The summed E-state index contributed by atoms with van der Waals surface area (Å²) >= 11 is 0. The van der Waals surface area contributed by atoms with Gasteiger partial charge in [-0.3, -0.25) is 14.4 Å². The molecule has 0 unspecified atom stereocenters. The summed E-state index contributed by atoms with van der Waals surface area (Å²) in [6.07, 6.45) is -1.12. The van der Waals surface area contributed by atoms with E-state index in [0.29, 0.717) is 11.4 Å². The lowest BCUT2D eigenvalue weighted by atomic mass is 9.84. The van der Waals surface area contributed by atoms with Crippen molar-refractivity contribution in [2.24, 2.45) is 11.8 Å². The number of hydrogen-bond acceptors (Lipinski definition) is 5. The first kappa shape index (κ1) is 24.7. The topological polar surface area (TPSA) is 79.0 Å². The molecule has 3 aliphatic heterocycles. The number of halogens is 3. The maximum absolute atomic E-state index is 13.8. The van der Waals surface area contributed by atoms with Gasteiger partial charge in [-0.1, -0.05) is 30.3 Å². The van der Waals surface area contributed by atoms with Crippen molar-refractivity contribution in [3.63, 3.8) is 0 Å². The summed E-state index contributed by atoms with van der Waals surface area (Å²) in [6.45, 7) is 0. The fraction of sp³-hybridized carbons (Fsp3) is 0.207. The van der Waals surface area contributed by atoms with Crippen LogP contribution in [0.1, 0.15) is 22.7 Å².